The third-order valence-corrected chi connectivity index (χ3v) is 12.4. The van der Waals surface area contributed by atoms with E-state index in [2.05, 4.69) is 106 Å². The molecule has 0 saturated heterocycles. The lowest BCUT2D eigenvalue weighted by molar-refractivity contribution is -0.167. The highest BCUT2D eigenvalue weighted by Gasteiger charge is 2.19. The molecule has 0 aromatic heterocycles. The van der Waals surface area contributed by atoms with E-state index in [1.807, 2.05) is 0 Å². The summed E-state index contributed by atoms with van der Waals surface area (Å²) in [5, 5.41) is 0. The molecular weight excluding hydrogens is 853 g/mol. The predicted molar refractivity (Wildman–Crippen MR) is 297 cm³/mol. The van der Waals surface area contributed by atoms with Crippen LogP contribution in [-0.2, 0) is 28.6 Å². The summed E-state index contributed by atoms with van der Waals surface area (Å²) in [6.07, 6.45) is 74.7. The number of ether oxygens (including phenoxy) is 3. The first-order chi connectivity index (χ1) is 34.0. The topological polar surface area (TPSA) is 78.9 Å². The second kappa shape index (κ2) is 57.2. The zero-order valence-corrected chi connectivity index (χ0v) is 45.3. The molecule has 6 nitrogen and oxygen atoms in total. The SMILES string of the molecule is CC/C=C\C/C=C\C/C=C\C/C=C\CCCCC(=O)OC(COC(=O)CCCCCCCCC)COC(=O)CCCCCCCCCCCCCCCC/C=C\C/C=C\C/C=C\CCCCCCC. The summed E-state index contributed by atoms with van der Waals surface area (Å²) in [6.45, 7) is 6.44. The number of unbranched alkanes of at least 4 members (excludes halogenated alkanes) is 27. The van der Waals surface area contributed by atoms with Gasteiger partial charge in [-0.25, -0.2) is 0 Å². The highest BCUT2D eigenvalue weighted by atomic mass is 16.6. The maximum atomic E-state index is 12.8. The molecular formula is C63H108O6. The number of rotatable bonds is 52. The molecule has 0 bridgehead atoms. The molecule has 0 aliphatic heterocycles. The van der Waals surface area contributed by atoms with Gasteiger partial charge in [-0.05, 0) is 96.3 Å². The first-order valence-electron chi connectivity index (χ1n) is 29.1. The minimum atomic E-state index is -0.795. The van der Waals surface area contributed by atoms with E-state index in [4.69, 9.17) is 14.2 Å². The van der Waals surface area contributed by atoms with Crippen molar-refractivity contribution in [3.8, 4) is 0 Å². The molecule has 0 heterocycles. The molecule has 0 aromatic rings. The van der Waals surface area contributed by atoms with Crippen LogP contribution in [0.1, 0.15) is 278 Å². The van der Waals surface area contributed by atoms with Crippen LogP contribution in [0.3, 0.4) is 0 Å². The first-order valence-corrected chi connectivity index (χ1v) is 29.1. The van der Waals surface area contributed by atoms with Gasteiger partial charge in [0.25, 0.3) is 0 Å². The van der Waals surface area contributed by atoms with Gasteiger partial charge in [0.15, 0.2) is 6.10 Å². The van der Waals surface area contributed by atoms with Crippen LogP contribution in [0.25, 0.3) is 0 Å². The monoisotopic (exact) mass is 961 g/mol. The first kappa shape index (κ1) is 65.6. The van der Waals surface area contributed by atoms with Crippen LogP contribution in [-0.4, -0.2) is 37.2 Å². The fourth-order valence-electron chi connectivity index (χ4n) is 8.03. The summed E-state index contributed by atoms with van der Waals surface area (Å²) in [5.74, 6) is -0.938. The van der Waals surface area contributed by atoms with Crippen molar-refractivity contribution in [2.45, 2.75) is 284 Å². The van der Waals surface area contributed by atoms with E-state index >= 15 is 0 Å². The molecule has 0 radical (unpaired) electrons. The van der Waals surface area contributed by atoms with Gasteiger partial charge in [-0.15, -0.1) is 0 Å². The van der Waals surface area contributed by atoms with Crippen LogP contribution in [0, 0.1) is 0 Å². The Morgan fingerprint density at radius 2 is 0.565 bits per heavy atom. The second-order valence-corrected chi connectivity index (χ2v) is 19.2. The van der Waals surface area contributed by atoms with Gasteiger partial charge in [-0.2, -0.15) is 0 Å². The molecule has 396 valence electrons. The number of carbonyl (C=O) groups excluding carboxylic acids is 3. The molecule has 0 aliphatic rings. The van der Waals surface area contributed by atoms with Crippen molar-refractivity contribution in [2.75, 3.05) is 13.2 Å². The van der Waals surface area contributed by atoms with Crippen molar-refractivity contribution < 1.29 is 28.6 Å². The van der Waals surface area contributed by atoms with Crippen LogP contribution in [0.15, 0.2) is 85.1 Å². The fourth-order valence-corrected chi connectivity index (χ4v) is 8.03. The van der Waals surface area contributed by atoms with E-state index in [1.165, 1.54) is 141 Å². The second-order valence-electron chi connectivity index (χ2n) is 19.2. The van der Waals surface area contributed by atoms with Gasteiger partial charge >= 0.3 is 17.9 Å². The lowest BCUT2D eigenvalue weighted by Crippen LogP contribution is -2.30. The molecule has 1 atom stereocenters. The van der Waals surface area contributed by atoms with E-state index in [-0.39, 0.29) is 37.5 Å². The average molecular weight is 962 g/mol. The van der Waals surface area contributed by atoms with Gasteiger partial charge in [0.05, 0.1) is 0 Å². The summed E-state index contributed by atoms with van der Waals surface area (Å²) >= 11 is 0. The lowest BCUT2D eigenvalue weighted by atomic mass is 10.0. The zero-order valence-electron chi connectivity index (χ0n) is 45.3. The Labute approximate surface area is 426 Å². The number of allylic oxidation sites excluding steroid dienone is 14. The summed E-state index contributed by atoms with van der Waals surface area (Å²) in [5.41, 5.74) is 0. The van der Waals surface area contributed by atoms with Gasteiger partial charge in [-0.3, -0.25) is 14.4 Å². The largest absolute Gasteiger partial charge is 0.462 e. The third kappa shape index (κ3) is 55.4. The molecule has 0 N–H and O–H groups in total. The molecule has 69 heavy (non-hydrogen) atoms. The van der Waals surface area contributed by atoms with Crippen LogP contribution >= 0.6 is 0 Å². The predicted octanol–water partition coefficient (Wildman–Crippen LogP) is 19.5. The van der Waals surface area contributed by atoms with Gasteiger partial charge in [0.2, 0.25) is 0 Å². The Bertz CT molecular complexity index is 1330. The Morgan fingerprint density at radius 3 is 0.913 bits per heavy atom. The summed E-state index contributed by atoms with van der Waals surface area (Å²) in [6, 6.07) is 0. The summed E-state index contributed by atoms with van der Waals surface area (Å²) in [7, 11) is 0. The van der Waals surface area contributed by atoms with Crippen molar-refractivity contribution in [1.29, 1.82) is 0 Å². The van der Waals surface area contributed by atoms with Crippen LogP contribution < -0.4 is 0 Å². The van der Waals surface area contributed by atoms with Gasteiger partial charge in [0, 0.05) is 19.3 Å². The number of hydrogen-bond donors (Lipinski definition) is 0. The summed E-state index contributed by atoms with van der Waals surface area (Å²) < 4.78 is 16.7. The molecule has 0 aliphatic carbocycles. The van der Waals surface area contributed by atoms with Crippen molar-refractivity contribution in [3.05, 3.63) is 85.1 Å². The Hall–Kier alpha value is -3.41. The third-order valence-electron chi connectivity index (χ3n) is 12.4. The van der Waals surface area contributed by atoms with E-state index in [0.29, 0.717) is 19.3 Å². The van der Waals surface area contributed by atoms with Gasteiger partial charge < -0.3 is 14.2 Å². The van der Waals surface area contributed by atoms with Crippen molar-refractivity contribution in [3.63, 3.8) is 0 Å². The lowest BCUT2D eigenvalue weighted by Gasteiger charge is -2.18. The molecule has 0 fully saturated rings. The molecule has 0 spiro atoms. The molecule has 0 amide bonds. The average Bonchev–Trinajstić information content (AvgIpc) is 3.35. The van der Waals surface area contributed by atoms with E-state index in [1.54, 1.807) is 0 Å². The molecule has 0 aromatic carbocycles. The van der Waals surface area contributed by atoms with Gasteiger partial charge in [0.1, 0.15) is 13.2 Å². The van der Waals surface area contributed by atoms with Crippen molar-refractivity contribution in [2.24, 2.45) is 0 Å². The summed E-state index contributed by atoms with van der Waals surface area (Å²) in [4.78, 5) is 37.9. The molecule has 1 unspecified atom stereocenters. The quantitative estimate of drug-likeness (QED) is 0.0262. The van der Waals surface area contributed by atoms with E-state index in [9.17, 15) is 14.4 Å². The Kier molecular flexibility index (Phi) is 54.3. The minimum Gasteiger partial charge on any atom is -0.462 e. The maximum Gasteiger partial charge on any atom is 0.306 e. The highest BCUT2D eigenvalue weighted by molar-refractivity contribution is 5.71. The molecule has 0 rings (SSSR count). The Morgan fingerprint density at radius 1 is 0.304 bits per heavy atom. The van der Waals surface area contributed by atoms with Crippen LogP contribution in [0.2, 0.25) is 0 Å². The fraction of sp³-hybridized carbons (Fsp3) is 0.730. The number of esters is 3. The zero-order chi connectivity index (χ0) is 50.0. The van der Waals surface area contributed by atoms with E-state index in [0.717, 1.165) is 89.9 Å². The van der Waals surface area contributed by atoms with Crippen molar-refractivity contribution in [1.82, 2.24) is 0 Å². The molecule has 0 saturated carbocycles. The smallest absolute Gasteiger partial charge is 0.306 e. The van der Waals surface area contributed by atoms with E-state index < -0.39 is 6.10 Å². The number of carbonyl (C=O) groups is 3. The normalized spacial score (nSPS) is 12.7. The maximum absolute atomic E-state index is 12.8. The van der Waals surface area contributed by atoms with Crippen LogP contribution in [0.5, 0.6) is 0 Å². The standard InChI is InChI=1S/C63H108O6/c1-4-7-10-13-16-18-20-22-24-25-26-27-28-29-30-31-32-33-34-35-36-37-39-40-42-44-47-50-53-56-62(65)68-59-60(58-67-61(64)55-52-49-46-15-12-9-6-3)69-63(66)57-54-51-48-45-43-41-38-23-21-19-17-14-11-8-5-2/h8,11,17,19-20,22-23,25-26,28-29,38,43,45,60H,4-7,9-10,12-16,18,21,24,27,30-37,39-42,44,46-59H2,1-3H3/b11-8-,19-17-,22-20-,26-25-,29-28-,38-23-,45-43-. The number of hydrogen-bond acceptors (Lipinski definition) is 6. The minimum absolute atomic E-state index is 0.0921. The van der Waals surface area contributed by atoms with Crippen LogP contribution in [0.4, 0.5) is 0 Å². The van der Waals surface area contributed by atoms with Crippen molar-refractivity contribution >= 4 is 17.9 Å². The Balaban J connectivity index is 4.12. The highest BCUT2D eigenvalue weighted by Crippen LogP contribution is 2.15. The molecule has 6 heteroatoms. The van der Waals surface area contributed by atoms with Gasteiger partial charge in [-0.1, -0.05) is 247 Å².